The molecule has 1 heterocycles. The van der Waals surface area contributed by atoms with Crippen LogP contribution in [0, 0.1) is 0 Å². The summed E-state index contributed by atoms with van der Waals surface area (Å²) in [5, 5.41) is 0. The second-order valence-electron chi connectivity index (χ2n) is 3.73. The molecule has 1 aliphatic heterocycles. The highest BCUT2D eigenvalue weighted by Crippen LogP contribution is 2.36. The first-order valence-electron chi connectivity index (χ1n) is 5.36. The van der Waals surface area contributed by atoms with E-state index < -0.39 is 0 Å². The standard InChI is InChI=1S/C14H11NO2/c1-16-11-7-6-10-9-15-12-4-2-3-5-13(12)17-14(10)8-11/h2-9H,1H3. The second kappa shape index (κ2) is 3.94. The van der Waals surface area contributed by atoms with Crippen molar-refractivity contribution in [2.45, 2.75) is 0 Å². The van der Waals surface area contributed by atoms with Gasteiger partial charge in [-0.25, -0.2) is 0 Å². The lowest BCUT2D eigenvalue weighted by atomic mass is 10.2. The van der Waals surface area contributed by atoms with Crippen LogP contribution in [0.25, 0.3) is 0 Å². The highest BCUT2D eigenvalue weighted by molar-refractivity contribution is 5.88. The summed E-state index contributed by atoms with van der Waals surface area (Å²) in [6, 6.07) is 13.4. The molecule has 0 bridgehead atoms. The summed E-state index contributed by atoms with van der Waals surface area (Å²) in [5.41, 5.74) is 1.78. The van der Waals surface area contributed by atoms with Gasteiger partial charge in [0.05, 0.1) is 7.11 Å². The van der Waals surface area contributed by atoms with Crippen molar-refractivity contribution in [1.29, 1.82) is 0 Å². The van der Waals surface area contributed by atoms with Gasteiger partial charge in [0.1, 0.15) is 17.2 Å². The van der Waals surface area contributed by atoms with Crippen LogP contribution in [-0.2, 0) is 0 Å². The van der Waals surface area contributed by atoms with Crippen molar-refractivity contribution in [3.05, 3.63) is 48.0 Å². The summed E-state index contributed by atoms with van der Waals surface area (Å²) in [6.45, 7) is 0. The first kappa shape index (κ1) is 9.90. The number of ether oxygens (including phenoxy) is 2. The lowest BCUT2D eigenvalue weighted by Crippen LogP contribution is -1.90. The molecule has 0 amide bonds. The first-order valence-corrected chi connectivity index (χ1v) is 5.36. The molecule has 3 rings (SSSR count). The van der Waals surface area contributed by atoms with E-state index in [1.54, 1.807) is 13.3 Å². The van der Waals surface area contributed by atoms with Gasteiger partial charge in [0.15, 0.2) is 5.75 Å². The monoisotopic (exact) mass is 225 g/mol. The summed E-state index contributed by atoms with van der Waals surface area (Å²) in [5.74, 6) is 2.30. The molecule has 84 valence electrons. The van der Waals surface area contributed by atoms with Crippen LogP contribution in [0.3, 0.4) is 0 Å². The summed E-state index contributed by atoms with van der Waals surface area (Å²) < 4.78 is 11.0. The Morgan fingerprint density at radius 3 is 2.82 bits per heavy atom. The molecule has 1 aliphatic rings. The maximum absolute atomic E-state index is 5.84. The van der Waals surface area contributed by atoms with E-state index in [4.69, 9.17) is 9.47 Å². The topological polar surface area (TPSA) is 30.8 Å². The number of para-hydroxylation sites is 2. The lowest BCUT2D eigenvalue weighted by molar-refractivity contribution is 0.409. The molecule has 0 atom stereocenters. The van der Waals surface area contributed by atoms with E-state index in [9.17, 15) is 0 Å². The van der Waals surface area contributed by atoms with Crippen LogP contribution in [0.2, 0.25) is 0 Å². The minimum absolute atomic E-state index is 0.760. The zero-order valence-electron chi connectivity index (χ0n) is 9.38. The molecule has 0 unspecified atom stereocenters. The van der Waals surface area contributed by atoms with E-state index in [0.29, 0.717) is 0 Å². The number of nitrogens with zero attached hydrogens (tertiary/aromatic N) is 1. The molecule has 0 fully saturated rings. The Balaban J connectivity index is 2.12. The maximum Gasteiger partial charge on any atom is 0.153 e. The normalized spacial score (nSPS) is 12.1. The van der Waals surface area contributed by atoms with E-state index >= 15 is 0 Å². The molecule has 3 nitrogen and oxygen atoms in total. The molecule has 2 aromatic rings. The van der Waals surface area contributed by atoms with E-state index in [2.05, 4.69) is 4.99 Å². The summed E-state index contributed by atoms with van der Waals surface area (Å²) in [7, 11) is 1.64. The third kappa shape index (κ3) is 1.76. The Kier molecular flexibility index (Phi) is 2.29. The number of hydrogen-bond acceptors (Lipinski definition) is 3. The third-order valence-corrected chi connectivity index (χ3v) is 2.65. The SMILES string of the molecule is COc1ccc2c(c1)Oc1ccccc1N=C2. The van der Waals surface area contributed by atoms with Gasteiger partial charge < -0.3 is 9.47 Å². The highest BCUT2D eigenvalue weighted by Gasteiger charge is 2.11. The summed E-state index contributed by atoms with van der Waals surface area (Å²) in [4.78, 5) is 4.39. The Morgan fingerprint density at radius 1 is 1.06 bits per heavy atom. The smallest absolute Gasteiger partial charge is 0.153 e. The molecule has 0 N–H and O–H groups in total. The Bertz CT molecular complexity index is 591. The van der Waals surface area contributed by atoms with Crippen molar-refractivity contribution < 1.29 is 9.47 Å². The molecule has 0 aliphatic carbocycles. The second-order valence-corrected chi connectivity index (χ2v) is 3.73. The zero-order chi connectivity index (χ0) is 11.7. The Hall–Kier alpha value is -2.29. The molecular formula is C14H11NO2. The van der Waals surface area contributed by atoms with Crippen molar-refractivity contribution in [1.82, 2.24) is 0 Å². The molecule has 0 radical (unpaired) electrons. The van der Waals surface area contributed by atoms with Crippen molar-refractivity contribution in [2.75, 3.05) is 7.11 Å². The van der Waals surface area contributed by atoms with Crippen LogP contribution in [0.15, 0.2) is 47.5 Å². The average Bonchev–Trinajstić information content (AvgIpc) is 2.56. The Labute approximate surface area is 99.3 Å². The average molecular weight is 225 g/mol. The van der Waals surface area contributed by atoms with Gasteiger partial charge in [-0.05, 0) is 24.3 Å². The van der Waals surface area contributed by atoms with E-state index in [1.165, 1.54) is 0 Å². The highest BCUT2D eigenvalue weighted by atomic mass is 16.5. The van der Waals surface area contributed by atoms with Gasteiger partial charge in [0, 0.05) is 17.8 Å². The molecule has 0 aromatic heterocycles. The van der Waals surface area contributed by atoms with Gasteiger partial charge in [-0.1, -0.05) is 12.1 Å². The van der Waals surface area contributed by atoms with Gasteiger partial charge in [-0.15, -0.1) is 0 Å². The van der Waals surface area contributed by atoms with Crippen molar-refractivity contribution >= 4 is 11.9 Å². The molecule has 17 heavy (non-hydrogen) atoms. The van der Waals surface area contributed by atoms with E-state index in [-0.39, 0.29) is 0 Å². The number of fused-ring (bicyclic) bond motifs is 2. The first-order chi connectivity index (χ1) is 8.36. The predicted octanol–water partition coefficient (Wildman–Crippen LogP) is 3.55. The van der Waals surface area contributed by atoms with Gasteiger partial charge >= 0.3 is 0 Å². The van der Waals surface area contributed by atoms with Crippen LogP contribution in [0.1, 0.15) is 5.56 Å². The molecule has 0 saturated carbocycles. The predicted molar refractivity (Wildman–Crippen MR) is 66.8 cm³/mol. The molecular weight excluding hydrogens is 214 g/mol. The largest absolute Gasteiger partial charge is 0.497 e. The van der Waals surface area contributed by atoms with Crippen LogP contribution in [0.4, 0.5) is 5.69 Å². The molecule has 0 spiro atoms. The van der Waals surface area contributed by atoms with Crippen molar-refractivity contribution in [3.8, 4) is 17.2 Å². The van der Waals surface area contributed by atoms with Crippen molar-refractivity contribution in [3.63, 3.8) is 0 Å². The number of rotatable bonds is 1. The molecule has 0 saturated heterocycles. The van der Waals surface area contributed by atoms with Crippen LogP contribution in [-0.4, -0.2) is 13.3 Å². The van der Waals surface area contributed by atoms with Gasteiger partial charge in [0.2, 0.25) is 0 Å². The number of methoxy groups -OCH3 is 1. The molecule has 3 heteroatoms. The minimum atomic E-state index is 0.760. The van der Waals surface area contributed by atoms with Gasteiger partial charge in [0.25, 0.3) is 0 Å². The maximum atomic E-state index is 5.84. The lowest BCUT2D eigenvalue weighted by Gasteiger charge is -2.08. The van der Waals surface area contributed by atoms with Crippen molar-refractivity contribution in [2.24, 2.45) is 4.99 Å². The van der Waals surface area contributed by atoms with Crippen LogP contribution < -0.4 is 9.47 Å². The quantitative estimate of drug-likeness (QED) is 0.634. The molecule has 2 aromatic carbocycles. The minimum Gasteiger partial charge on any atom is -0.497 e. The number of aliphatic imine (C=N–C) groups is 1. The fourth-order valence-corrected chi connectivity index (χ4v) is 1.74. The van der Waals surface area contributed by atoms with Gasteiger partial charge in [-0.2, -0.15) is 0 Å². The van der Waals surface area contributed by atoms with Crippen LogP contribution in [0.5, 0.6) is 17.2 Å². The zero-order valence-corrected chi connectivity index (χ0v) is 9.38. The fourth-order valence-electron chi connectivity index (χ4n) is 1.74. The fraction of sp³-hybridized carbons (Fsp3) is 0.0714. The third-order valence-electron chi connectivity index (χ3n) is 2.65. The number of benzene rings is 2. The van der Waals surface area contributed by atoms with E-state index in [0.717, 1.165) is 28.5 Å². The summed E-state index contributed by atoms with van der Waals surface area (Å²) >= 11 is 0. The van der Waals surface area contributed by atoms with Gasteiger partial charge in [-0.3, -0.25) is 4.99 Å². The summed E-state index contributed by atoms with van der Waals surface area (Å²) in [6.07, 6.45) is 1.81. The Morgan fingerprint density at radius 2 is 1.94 bits per heavy atom. The number of hydrogen-bond donors (Lipinski definition) is 0. The van der Waals surface area contributed by atoms with E-state index in [1.807, 2.05) is 42.5 Å². The van der Waals surface area contributed by atoms with Crippen LogP contribution >= 0.6 is 0 Å².